The quantitative estimate of drug-likeness (QED) is 0.181. The van der Waals surface area contributed by atoms with Crippen molar-refractivity contribution in [1.29, 1.82) is 0 Å². The van der Waals surface area contributed by atoms with Crippen LogP contribution in [0, 0.1) is 0 Å². The van der Waals surface area contributed by atoms with Crippen LogP contribution in [-0.4, -0.2) is 24.1 Å². The number of hydrogen-bond donors (Lipinski definition) is 0. The fourth-order valence-electron chi connectivity index (χ4n) is 8.02. The molecule has 0 bridgehead atoms. The van der Waals surface area contributed by atoms with E-state index in [1.165, 1.54) is 37.8 Å². The van der Waals surface area contributed by atoms with Crippen LogP contribution in [0.5, 0.6) is 0 Å². The van der Waals surface area contributed by atoms with Gasteiger partial charge in [0.1, 0.15) is 0 Å². The third-order valence-electron chi connectivity index (χ3n) is 10.5. The van der Waals surface area contributed by atoms with Crippen LogP contribution in [0.15, 0.2) is 188 Å². The predicted octanol–water partition coefficient (Wildman–Crippen LogP) is 12.2. The van der Waals surface area contributed by atoms with Gasteiger partial charge < -0.3 is 9.13 Å². The van der Waals surface area contributed by atoms with Gasteiger partial charge in [0.15, 0.2) is 17.5 Å². The fourth-order valence-corrected chi connectivity index (χ4v) is 8.02. The number of aromatic nitrogens is 5. The minimum Gasteiger partial charge on any atom is -0.309 e. The van der Waals surface area contributed by atoms with Crippen molar-refractivity contribution in [2.45, 2.75) is 0 Å². The molecule has 0 atom stereocenters. The van der Waals surface area contributed by atoms with Crippen molar-refractivity contribution in [2.75, 3.05) is 0 Å². The van der Waals surface area contributed by atoms with Crippen molar-refractivity contribution in [1.82, 2.24) is 24.1 Å². The molecule has 0 fully saturated rings. The van der Waals surface area contributed by atoms with Gasteiger partial charge in [-0.1, -0.05) is 140 Å². The maximum atomic E-state index is 5.04. The fraction of sp³-hybridized carbons (Fsp3) is 0. The Labute approximate surface area is 311 Å². The lowest BCUT2D eigenvalue weighted by molar-refractivity contribution is 1.07. The summed E-state index contributed by atoms with van der Waals surface area (Å²) in [6.45, 7) is 0. The molecule has 0 spiro atoms. The van der Waals surface area contributed by atoms with Crippen LogP contribution in [0.25, 0.3) is 99.9 Å². The number of rotatable bonds is 5. The number of hydrogen-bond acceptors (Lipinski definition) is 3. The molecule has 0 aliphatic carbocycles. The molecule has 54 heavy (non-hydrogen) atoms. The largest absolute Gasteiger partial charge is 0.309 e. The maximum Gasteiger partial charge on any atom is 0.164 e. The van der Waals surface area contributed by atoms with Crippen molar-refractivity contribution >= 4 is 54.4 Å². The van der Waals surface area contributed by atoms with Crippen molar-refractivity contribution in [3.8, 4) is 45.5 Å². The van der Waals surface area contributed by atoms with Gasteiger partial charge in [0, 0.05) is 49.6 Å². The summed E-state index contributed by atoms with van der Waals surface area (Å²) in [5, 5.41) is 7.34. The van der Waals surface area contributed by atoms with Crippen LogP contribution in [-0.2, 0) is 0 Å². The summed E-state index contributed by atoms with van der Waals surface area (Å²) in [5.74, 6) is 1.92. The molecule has 0 saturated heterocycles. The summed E-state index contributed by atoms with van der Waals surface area (Å²) in [6.07, 6.45) is 0. The lowest BCUT2D eigenvalue weighted by atomic mass is 10.1. The normalized spacial score (nSPS) is 11.7. The zero-order chi connectivity index (χ0) is 35.6. The Hall–Kier alpha value is -7.37. The Kier molecular flexibility index (Phi) is 6.79. The van der Waals surface area contributed by atoms with Gasteiger partial charge in [0.05, 0.1) is 22.1 Å². The van der Waals surface area contributed by atoms with Gasteiger partial charge in [0.25, 0.3) is 0 Å². The first kappa shape index (κ1) is 30.3. The molecule has 252 valence electrons. The Bertz CT molecular complexity index is 3160. The van der Waals surface area contributed by atoms with Crippen molar-refractivity contribution < 1.29 is 0 Å². The van der Waals surface area contributed by atoms with Gasteiger partial charge in [-0.3, -0.25) is 0 Å². The summed E-state index contributed by atoms with van der Waals surface area (Å²) < 4.78 is 4.80. The van der Waals surface area contributed by atoms with E-state index in [-0.39, 0.29) is 0 Å². The Morgan fingerprint density at radius 1 is 0.278 bits per heavy atom. The highest BCUT2D eigenvalue weighted by molar-refractivity contribution is 6.19. The topological polar surface area (TPSA) is 48.5 Å². The molecule has 5 heteroatoms. The molecule has 3 aromatic heterocycles. The van der Waals surface area contributed by atoms with Crippen LogP contribution in [0.4, 0.5) is 0 Å². The molecule has 0 amide bonds. The highest BCUT2D eigenvalue weighted by atomic mass is 15.0. The van der Waals surface area contributed by atoms with Crippen molar-refractivity contribution in [3.05, 3.63) is 188 Å². The third kappa shape index (κ3) is 4.83. The smallest absolute Gasteiger partial charge is 0.164 e. The first-order valence-corrected chi connectivity index (χ1v) is 18.2. The average Bonchev–Trinajstić information content (AvgIpc) is 3.75. The van der Waals surface area contributed by atoms with Crippen LogP contribution in [0.1, 0.15) is 0 Å². The van der Waals surface area contributed by atoms with E-state index in [9.17, 15) is 0 Å². The van der Waals surface area contributed by atoms with Gasteiger partial charge in [0.2, 0.25) is 0 Å². The van der Waals surface area contributed by atoms with Crippen LogP contribution < -0.4 is 0 Å². The number of para-hydroxylation sites is 2. The summed E-state index contributed by atoms with van der Waals surface area (Å²) in [4.78, 5) is 15.0. The minimum absolute atomic E-state index is 0.629. The number of benzene rings is 8. The molecule has 0 saturated carbocycles. The number of fused-ring (bicyclic) bond motifs is 7. The highest BCUT2D eigenvalue weighted by Gasteiger charge is 2.19. The molecule has 0 aliphatic heterocycles. The zero-order valence-electron chi connectivity index (χ0n) is 29.1. The lowest BCUT2D eigenvalue weighted by Gasteiger charge is -2.12. The molecular formula is C49H31N5. The minimum atomic E-state index is 0.629. The summed E-state index contributed by atoms with van der Waals surface area (Å²) in [6, 6.07) is 66.3. The van der Waals surface area contributed by atoms with Crippen molar-refractivity contribution in [3.63, 3.8) is 0 Å². The van der Waals surface area contributed by atoms with E-state index in [4.69, 9.17) is 15.0 Å². The maximum absolute atomic E-state index is 5.04. The molecule has 0 unspecified atom stereocenters. The molecule has 8 aromatic carbocycles. The van der Waals surface area contributed by atoms with Gasteiger partial charge in [-0.2, -0.15) is 0 Å². The predicted molar refractivity (Wildman–Crippen MR) is 222 cm³/mol. The standard InChI is InChI=1S/C49H31N5/c1-3-15-33(16-4-1)47-50-48(34-17-5-2-6-18-34)52-49(51-47)36-20-13-21-37(29-36)53-43-24-11-9-22-39(43)41-30-42-40-23-10-12-25-44(40)54(46(42)31-45(41)53)38-27-26-32-14-7-8-19-35(32)28-38/h1-31H. The first-order chi connectivity index (χ1) is 26.8. The van der Waals surface area contributed by atoms with E-state index < -0.39 is 0 Å². The van der Waals surface area contributed by atoms with Gasteiger partial charge in [-0.25, -0.2) is 15.0 Å². The highest BCUT2D eigenvalue weighted by Crippen LogP contribution is 2.40. The third-order valence-corrected chi connectivity index (χ3v) is 10.5. The van der Waals surface area contributed by atoms with E-state index >= 15 is 0 Å². The molecule has 11 rings (SSSR count). The molecule has 3 heterocycles. The van der Waals surface area contributed by atoms with E-state index in [1.807, 2.05) is 60.7 Å². The average molecular weight is 690 g/mol. The molecule has 5 nitrogen and oxygen atoms in total. The summed E-state index contributed by atoms with van der Waals surface area (Å²) in [7, 11) is 0. The Balaban J connectivity index is 1.15. The molecule has 11 aromatic rings. The SMILES string of the molecule is c1ccc(-c2nc(-c3ccccc3)nc(-c3cccc(-n4c5ccccc5c5cc6c7ccccc7n(-c7ccc8ccccc8c7)c6cc54)c3)n2)cc1. The summed E-state index contributed by atoms with van der Waals surface area (Å²) >= 11 is 0. The monoisotopic (exact) mass is 689 g/mol. The van der Waals surface area contributed by atoms with Crippen LogP contribution in [0.3, 0.4) is 0 Å². The number of nitrogens with zero attached hydrogens (tertiary/aromatic N) is 5. The van der Waals surface area contributed by atoms with Gasteiger partial charge in [-0.15, -0.1) is 0 Å². The Morgan fingerprint density at radius 3 is 1.37 bits per heavy atom. The van der Waals surface area contributed by atoms with Gasteiger partial charge >= 0.3 is 0 Å². The first-order valence-electron chi connectivity index (χ1n) is 18.2. The van der Waals surface area contributed by atoms with Gasteiger partial charge in [-0.05, 0) is 59.3 Å². The second-order valence-electron chi connectivity index (χ2n) is 13.7. The summed E-state index contributed by atoms with van der Waals surface area (Å²) in [5.41, 5.74) is 9.62. The molecule has 0 aliphatic rings. The van der Waals surface area contributed by atoms with E-state index in [0.717, 1.165) is 44.6 Å². The molecule has 0 radical (unpaired) electrons. The zero-order valence-corrected chi connectivity index (χ0v) is 29.1. The van der Waals surface area contributed by atoms with E-state index in [2.05, 4.69) is 137 Å². The molecule has 0 N–H and O–H groups in total. The second kappa shape index (κ2) is 12.1. The van der Waals surface area contributed by atoms with E-state index in [1.54, 1.807) is 0 Å². The second-order valence-corrected chi connectivity index (χ2v) is 13.7. The van der Waals surface area contributed by atoms with Crippen LogP contribution in [0.2, 0.25) is 0 Å². The Morgan fingerprint density at radius 2 is 0.759 bits per heavy atom. The van der Waals surface area contributed by atoms with Crippen LogP contribution >= 0.6 is 0 Å². The molecular weight excluding hydrogens is 659 g/mol. The van der Waals surface area contributed by atoms with E-state index in [0.29, 0.717) is 17.5 Å². The van der Waals surface area contributed by atoms with Crippen molar-refractivity contribution in [2.24, 2.45) is 0 Å². The lowest BCUT2D eigenvalue weighted by Crippen LogP contribution is -2.01.